The van der Waals surface area contributed by atoms with E-state index in [4.69, 9.17) is 5.26 Å². The summed E-state index contributed by atoms with van der Waals surface area (Å²) >= 11 is 0. The van der Waals surface area contributed by atoms with Crippen LogP contribution in [0.15, 0.2) is 24.3 Å². The Kier molecular flexibility index (Phi) is 7.62. The van der Waals surface area contributed by atoms with Crippen LogP contribution in [0.1, 0.15) is 11.1 Å². The third kappa shape index (κ3) is 5.13. The van der Waals surface area contributed by atoms with Gasteiger partial charge in [-0.2, -0.15) is 0 Å². The molecule has 0 bridgehead atoms. The fourth-order valence-corrected chi connectivity index (χ4v) is 0.807. The molecule has 0 heterocycles. The van der Waals surface area contributed by atoms with Gasteiger partial charge >= 0.3 is 0 Å². The maximum Gasteiger partial charge on any atom is 0.0462 e. The van der Waals surface area contributed by atoms with Crippen LogP contribution < -0.4 is 6.15 Å². The van der Waals surface area contributed by atoms with Crippen LogP contribution in [0.25, 0.3) is 0 Å². The van der Waals surface area contributed by atoms with E-state index < -0.39 is 0 Å². The van der Waals surface area contributed by atoms with Crippen molar-refractivity contribution in [2.24, 2.45) is 0 Å². The molecule has 0 aliphatic rings. The Hall–Kier alpha value is -1.33. The second-order valence-electron chi connectivity index (χ2n) is 2.16. The maximum absolute atomic E-state index is 6.50. The van der Waals surface area contributed by atoms with Crippen molar-refractivity contribution in [3.8, 4) is 6.57 Å². The van der Waals surface area contributed by atoms with Crippen molar-refractivity contribution in [2.75, 3.05) is 0 Å². The summed E-state index contributed by atoms with van der Waals surface area (Å²) in [5.41, 5.74) is 2.68. The smallest absolute Gasteiger partial charge is 0.0462 e. The van der Waals surface area contributed by atoms with Gasteiger partial charge in [0.25, 0.3) is 0 Å². The number of aryl methyl sites for hydroxylation is 2. The molecular formula is C9H14N2. The van der Waals surface area contributed by atoms with Gasteiger partial charge in [-0.15, -0.1) is 0 Å². The molecule has 2 nitrogen and oxygen atoms in total. The minimum absolute atomic E-state index is 0. The average Bonchev–Trinajstić information content (AvgIpc) is 1.91. The molecule has 11 heavy (non-hydrogen) atoms. The van der Waals surface area contributed by atoms with Crippen molar-refractivity contribution < 1.29 is 0 Å². The predicted octanol–water partition coefficient (Wildman–Crippen LogP) is 2.61. The van der Waals surface area contributed by atoms with Gasteiger partial charge in [-0.3, -0.25) is 0 Å². The van der Waals surface area contributed by atoms with E-state index in [1.807, 2.05) is 0 Å². The predicted molar refractivity (Wildman–Crippen MR) is 47.6 cm³/mol. The summed E-state index contributed by atoms with van der Waals surface area (Å²) in [5, 5.41) is 6.50. The van der Waals surface area contributed by atoms with Crippen molar-refractivity contribution in [3.63, 3.8) is 0 Å². The van der Waals surface area contributed by atoms with E-state index in [2.05, 4.69) is 44.7 Å². The number of nitrogens with zero attached hydrogens (tertiary/aromatic N) is 1. The fraction of sp³-hybridized carbons (Fsp3) is 0.222. The van der Waals surface area contributed by atoms with Gasteiger partial charge in [0.1, 0.15) is 0 Å². The van der Waals surface area contributed by atoms with Gasteiger partial charge in [0.05, 0.1) is 0 Å². The molecule has 0 atom stereocenters. The van der Waals surface area contributed by atoms with E-state index in [1.165, 1.54) is 11.1 Å². The van der Waals surface area contributed by atoms with Crippen LogP contribution in [0, 0.1) is 25.7 Å². The second-order valence-corrected chi connectivity index (χ2v) is 2.16. The Morgan fingerprint density at radius 1 is 1.09 bits per heavy atom. The molecule has 0 radical (unpaired) electrons. The van der Waals surface area contributed by atoms with Crippen LogP contribution in [0.2, 0.25) is 0 Å². The molecule has 0 spiro atoms. The van der Waals surface area contributed by atoms with Crippen molar-refractivity contribution in [2.45, 2.75) is 13.8 Å². The van der Waals surface area contributed by atoms with Gasteiger partial charge in [-0.05, 0) is 13.8 Å². The zero-order valence-corrected chi connectivity index (χ0v) is 7.04. The fourth-order valence-electron chi connectivity index (χ4n) is 0.807. The maximum atomic E-state index is 6.50. The lowest BCUT2D eigenvalue weighted by Crippen LogP contribution is -1.71. The normalized spacial score (nSPS) is 6.91. The minimum atomic E-state index is 0. The minimum Gasteiger partial charge on any atom is -0.344 e. The number of hydrogen-bond acceptors (Lipinski definition) is 2. The van der Waals surface area contributed by atoms with E-state index in [9.17, 15) is 0 Å². The van der Waals surface area contributed by atoms with Crippen molar-refractivity contribution in [1.29, 1.82) is 5.26 Å². The molecule has 60 valence electrons. The molecule has 0 aromatic heterocycles. The quantitative estimate of drug-likeness (QED) is 0.618. The third-order valence-corrected chi connectivity index (χ3v) is 1.17. The summed E-state index contributed by atoms with van der Waals surface area (Å²) in [6, 6.07) is 8.45. The lowest BCUT2D eigenvalue weighted by Gasteiger charge is -1.90. The van der Waals surface area contributed by atoms with Crippen molar-refractivity contribution >= 4 is 0 Å². The average molecular weight is 150 g/mol. The SMILES string of the molecule is C#N.Cc1cccc(C)c1.N. The van der Waals surface area contributed by atoms with Crippen LogP contribution in [-0.4, -0.2) is 0 Å². The number of rotatable bonds is 0. The molecule has 1 rings (SSSR count). The molecular weight excluding hydrogens is 136 g/mol. The molecule has 3 N–H and O–H groups in total. The zero-order valence-electron chi connectivity index (χ0n) is 7.04. The molecule has 0 fully saturated rings. The van der Waals surface area contributed by atoms with Crippen LogP contribution in [0.4, 0.5) is 0 Å². The van der Waals surface area contributed by atoms with E-state index >= 15 is 0 Å². The highest BCUT2D eigenvalue weighted by Crippen LogP contribution is 2.00. The summed E-state index contributed by atoms with van der Waals surface area (Å²) < 4.78 is 0. The highest BCUT2D eigenvalue weighted by Gasteiger charge is 1.80. The van der Waals surface area contributed by atoms with E-state index in [-0.39, 0.29) is 6.15 Å². The number of nitriles is 1. The van der Waals surface area contributed by atoms with Crippen molar-refractivity contribution in [1.82, 2.24) is 6.15 Å². The molecule has 0 aliphatic carbocycles. The van der Waals surface area contributed by atoms with Crippen LogP contribution in [-0.2, 0) is 0 Å². The first-order chi connectivity index (χ1) is 4.79. The first-order valence-electron chi connectivity index (χ1n) is 3.08. The molecule has 0 saturated carbocycles. The Labute approximate surface area is 68.1 Å². The Morgan fingerprint density at radius 3 is 1.64 bits per heavy atom. The number of benzene rings is 1. The highest BCUT2D eigenvalue weighted by atomic mass is 14.2. The third-order valence-electron chi connectivity index (χ3n) is 1.17. The summed E-state index contributed by atoms with van der Waals surface area (Å²) in [6.07, 6.45) is 0. The molecule has 2 heteroatoms. The molecule has 1 aromatic rings. The van der Waals surface area contributed by atoms with Crippen LogP contribution >= 0.6 is 0 Å². The molecule has 0 unspecified atom stereocenters. The van der Waals surface area contributed by atoms with E-state index in [0.717, 1.165) is 0 Å². The topological polar surface area (TPSA) is 58.8 Å². The van der Waals surface area contributed by atoms with Gasteiger partial charge in [0.2, 0.25) is 0 Å². The summed E-state index contributed by atoms with van der Waals surface area (Å²) in [6.45, 7) is 7.71. The summed E-state index contributed by atoms with van der Waals surface area (Å²) in [4.78, 5) is 0. The van der Waals surface area contributed by atoms with E-state index in [1.54, 1.807) is 0 Å². The molecule has 0 amide bonds. The van der Waals surface area contributed by atoms with Crippen LogP contribution in [0.5, 0.6) is 0 Å². The summed E-state index contributed by atoms with van der Waals surface area (Å²) in [5.74, 6) is 0. The van der Waals surface area contributed by atoms with Gasteiger partial charge < -0.3 is 6.15 Å². The lowest BCUT2D eigenvalue weighted by atomic mass is 10.2. The first kappa shape index (κ1) is 12.4. The van der Waals surface area contributed by atoms with E-state index in [0.29, 0.717) is 0 Å². The Morgan fingerprint density at radius 2 is 1.45 bits per heavy atom. The standard InChI is InChI=1S/C8H10.CHN.H3N/c1-7-4-3-5-8(2)6-7;1-2;/h3-6H,1-2H3;1H;1H3. The molecule has 1 aromatic carbocycles. The highest BCUT2D eigenvalue weighted by molar-refractivity contribution is 5.20. The zero-order chi connectivity index (χ0) is 7.98. The first-order valence-corrected chi connectivity index (χ1v) is 3.08. The van der Waals surface area contributed by atoms with Gasteiger partial charge in [0.15, 0.2) is 0 Å². The van der Waals surface area contributed by atoms with Crippen LogP contribution in [0.3, 0.4) is 0 Å². The summed E-state index contributed by atoms with van der Waals surface area (Å²) in [7, 11) is 0. The Balaban J connectivity index is 0. The van der Waals surface area contributed by atoms with Crippen molar-refractivity contribution in [3.05, 3.63) is 35.4 Å². The molecule has 0 aliphatic heterocycles. The van der Waals surface area contributed by atoms with Gasteiger partial charge in [0, 0.05) is 6.57 Å². The monoisotopic (exact) mass is 150 g/mol. The Bertz CT molecular complexity index is 199. The van der Waals surface area contributed by atoms with Gasteiger partial charge in [-0.1, -0.05) is 35.4 Å². The molecule has 0 saturated heterocycles. The second kappa shape index (κ2) is 6.79. The lowest BCUT2D eigenvalue weighted by molar-refractivity contribution is 1.39. The number of hydrogen-bond donors (Lipinski definition) is 1. The largest absolute Gasteiger partial charge is 0.344 e. The van der Waals surface area contributed by atoms with Gasteiger partial charge in [-0.25, -0.2) is 5.26 Å².